The van der Waals surface area contributed by atoms with Crippen LogP contribution in [-0.4, -0.2) is 0 Å². The molecule has 11 rings (SSSR count). The molecule has 1 heteroatoms. The summed E-state index contributed by atoms with van der Waals surface area (Å²) in [5.74, 6) is 0. The average molecular weight is 776 g/mol. The Labute approximate surface area is 357 Å². The van der Waals surface area contributed by atoms with Gasteiger partial charge in [-0.25, -0.2) is 0 Å². The van der Waals surface area contributed by atoms with Gasteiger partial charge in [-0.1, -0.05) is 200 Å². The number of hydrogen-bond donors (Lipinski definition) is 0. The molecular formula is C60H41N. The molecule has 11 aromatic rings. The van der Waals surface area contributed by atoms with E-state index < -0.39 is 0 Å². The average Bonchev–Trinajstić information content (AvgIpc) is 3.35. The Bertz CT molecular complexity index is 3180. The fourth-order valence-electron chi connectivity index (χ4n) is 8.92. The minimum Gasteiger partial charge on any atom is -0.311 e. The van der Waals surface area contributed by atoms with Crippen LogP contribution in [0.3, 0.4) is 0 Å². The zero-order valence-corrected chi connectivity index (χ0v) is 33.6. The largest absolute Gasteiger partial charge is 0.311 e. The second kappa shape index (κ2) is 15.6. The fraction of sp³-hybridized carbons (Fsp3) is 0. The van der Waals surface area contributed by atoms with E-state index in [2.05, 4.69) is 254 Å². The Balaban J connectivity index is 0.949. The predicted octanol–water partition coefficient (Wildman–Crippen LogP) is 17.0. The zero-order chi connectivity index (χ0) is 40.5. The van der Waals surface area contributed by atoms with Crippen molar-refractivity contribution in [3.63, 3.8) is 0 Å². The van der Waals surface area contributed by atoms with Crippen molar-refractivity contribution in [1.29, 1.82) is 0 Å². The Kier molecular flexibility index (Phi) is 9.26. The maximum absolute atomic E-state index is 2.38. The van der Waals surface area contributed by atoms with Gasteiger partial charge in [0.2, 0.25) is 0 Å². The van der Waals surface area contributed by atoms with E-state index in [4.69, 9.17) is 0 Å². The lowest BCUT2D eigenvalue weighted by Gasteiger charge is -2.26. The van der Waals surface area contributed by atoms with Crippen LogP contribution in [0.4, 0.5) is 17.1 Å². The van der Waals surface area contributed by atoms with Gasteiger partial charge in [0.25, 0.3) is 0 Å². The summed E-state index contributed by atoms with van der Waals surface area (Å²) in [5.41, 5.74) is 15.4. The molecule has 0 aliphatic rings. The Morgan fingerprint density at radius 3 is 0.721 bits per heavy atom. The highest BCUT2D eigenvalue weighted by atomic mass is 15.1. The smallest absolute Gasteiger partial charge is 0.0462 e. The molecule has 0 saturated carbocycles. The third-order valence-electron chi connectivity index (χ3n) is 12.1. The van der Waals surface area contributed by atoms with E-state index in [1.54, 1.807) is 0 Å². The first-order valence-electron chi connectivity index (χ1n) is 21.0. The normalized spacial score (nSPS) is 11.3. The molecule has 61 heavy (non-hydrogen) atoms. The van der Waals surface area contributed by atoms with Crippen molar-refractivity contribution in [3.05, 3.63) is 249 Å². The van der Waals surface area contributed by atoms with Gasteiger partial charge in [0.1, 0.15) is 0 Å². The van der Waals surface area contributed by atoms with Gasteiger partial charge in [0, 0.05) is 17.1 Å². The molecule has 0 aromatic heterocycles. The van der Waals surface area contributed by atoms with Gasteiger partial charge >= 0.3 is 0 Å². The van der Waals surface area contributed by atoms with Crippen LogP contribution in [0.15, 0.2) is 249 Å². The third-order valence-corrected chi connectivity index (χ3v) is 12.1. The van der Waals surface area contributed by atoms with Crippen LogP contribution in [0.1, 0.15) is 0 Å². The van der Waals surface area contributed by atoms with Crippen LogP contribution in [0, 0.1) is 0 Å². The minimum absolute atomic E-state index is 1.10. The van der Waals surface area contributed by atoms with E-state index in [1.165, 1.54) is 88.0 Å². The second-order valence-electron chi connectivity index (χ2n) is 15.7. The molecule has 0 N–H and O–H groups in total. The minimum atomic E-state index is 1.10. The quantitative estimate of drug-likeness (QED) is 0.139. The fourth-order valence-corrected chi connectivity index (χ4v) is 8.92. The molecule has 0 aliphatic carbocycles. The topological polar surface area (TPSA) is 3.24 Å². The Morgan fingerprint density at radius 2 is 0.393 bits per heavy atom. The van der Waals surface area contributed by atoms with Gasteiger partial charge in [0.15, 0.2) is 0 Å². The Hall–Kier alpha value is -8.00. The van der Waals surface area contributed by atoms with Gasteiger partial charge in [0.05, 0.1) is 0 Å². The molecule has 11 aromatic carbocycles. The van der Waals surface area contributed by atoms with Gasteiger partial charge in [-0.2, -0.15) is 0 Å². The monoisotopic (exact) mass is 775 g/mol. The summed E-state index contributed by atoms with van der Waals surface area (Å²) in [5, 5.41) is 7.62. The first-order valence-corrected chi connectivity index (χ1v) is 21.0. The maximum atomic E-state index is 2.38. The van der Waals surface area contributed by atoms with Crippen molar-refractivity contribution in [3.8, 4) is 55.6 Å². The number of nitrogens with zero attached hydrogens (tertiary/aromatic N) is 1. The van der Waals surface area contributed by atoms with E-state index in [0.717, 1.165) is 17.1 Å². The molecule has 0 radical (unpaired) electrons. The van der Waals surface area contributed by atoms with Crippen molar-refractivity contribution in [2.24, 2.45) is 0 Å². The SMILES string of the molecule is c1ccc(-c2ccc(-c3ccc4c5ccc(-c6ccc(N(c7ccc(-c8ccccc8)cc7)c7ccc(-c8ccccc8)cc7)cc6)cc5c5ccccc5c4c3)cc2)cc1. The van der Waals surface area contributed by atoms with Gasteiger partial charge in [-0.15, -0.1) is 0 Å². The second-order valence-corrected chi connectivity index (χ2v) is 15.7. The van der Waals surface area contributed by atoms with Crippen LogP contribution < -0.4 is 4.90 Å². The maximum Gasteiger partial charge on any atom is 0.0462 e. The van der Waals surface area contributed by atoms with E-state index in [0.29, 0.717) is 0 Å². The van der Waals surface area contributed by atoms with E-state index in [9.17, 15) is 0 Å². The molecule has 0 heterocycles. The van der Waals surface area contributed by atoms with Crippen LogP contribution in [-0.2, 0) is 0 Å². The molecule has 286 valence electrons. The highest BCUT2D eigenvalue weighted by Crippen LogP contribution is 2.41. The lowest BCUT2D eigenvalue weighted by Crippen LogP contribution is -2.09. The van der Waals surface area contributed by atoms with Crippen molar-refractivity contribution in [1.82, 2.24) is 0 Å². The molecule has 0 unspecified atom stereocenters. The highest BCUT2D eigenvalue weighted by Gasteiger charge is 2.15. The summed E-state index contributed by atoms with van der Waals surface area (Å²) in [6.07, 6.45) is 0. The number of anilines is 3. The first kappa shape index (κ1) is 36.1. The van der Waals surface area contributed by atoms with Crippen LogP contribution in [0.2, 0.25) is 0 Å². The van der Waals surface area contributed by atoms with Gasteiger partial charge < -0.3 is 4.90 Å². The number of benzene rings is 11. The van der Waals surface area contributed by atoms with E-state index >= 15 is 0 Å². The lowest BCUT2D eigenvalue weighted by molar-refractivity contribution is 1.28. The van der Waals surface area contributed by atoms with Crippen LogP contribution >= 0.6 is 0 Å². The van der Waals surface area contributed by atoms with Crippen LogP contribution in [0.5, 0.6) is 0 Å². The summed E-state index contributed by atoms with van der Waals surface area (Å²) >= 11 is 0. The zero-order valence-electron chi connectivity index (χ0n) is 33.6. The molecule has 0 amide bonds. The summed E-state index contributed by atoms with van der Waals surface area (Å²) < 4.78 is 0. The lowest BCUT2D eigenvalue weighted by atomic mass is 9.90. The van der Waals surface area contributed by atoms with Crippen molar-refractivity contribution >= 4 is 49.4 Å². The Morgan fingerprint density at radius 1 is 0.164 bits per heavy atom. The molecule has 0 spiro atoms. The highest BCUT2D eigenvalue weighted by molar-refractivity contribution is 6.26. The number of hydrogen-bond acceptors (Lipinski definition) is 1. The molecular weight excluding hydrogens is 735 g/mol. The molecule has 1 nitrogen and oxygen atoms in total. The molecule has 0 aliphatic heterocycles. The van der Waals surface area contributed by atoms with Gasteiger partial charge in [-0.05, 0) is 136 Å². The van der Waals surface area contributed by atoms with E-state index in [1.807, 2.05) is 0 Å². The molecule has 0 fully saturated rings. The van der Waals surface area contributed by atoms with E-state index in [-0.39, 0.29) is 0 Å². The molecule has 0 saturated heterocycles. The van der Waals surface area contributed by atoms with Gasteiger partial charge in [-0.3, -0.25) is 0 Å². The standard InChI is InChI=1S/C60H41N/c1-4-12-42(13-5-1)45-20-22-48(23-21-45)50-30-38-57-58-39-31-51(41-60(58)56-19-11-10-18-55(56)59(57)40-50)49-28-36-54(37-29-49)61(52-32-24-46(25-33-52)43-14-6-2-7-15-43)53-34-26-47(27-35-53)44-16-8-3-9-17-44/h1-41H. The summed E-state index contributed by atoms with van der Waals surface area (Å²) in [6, 6.07) is 90.3. The summed E-state index contributed by atoms with van der Waals surface area (Å²) in [4.78, 5) is 2.35. The van der Waals surface area contributed by atoms with Crippen molar-refractivity contribution in [2.45, 2.75) is 0 Å². The number of rotatable bonds is 8. The van der Waals surface area contributed by atoms with Crippen molar-refractivity contribution < 1.29 is 0 Å². The number of fused-ring (bicyclic) bond motifs is 6. The summed E-state index contributed by atoms with van der Waals surface area (Å²) in [7, 11) is 0. The summed E-state index contributed by atoms with van der Waals surface area (Å²) in [6.45, 7) is 0. The molecule has 0 bridgehead atoms. The third kappa shape index (κ3) is 6.93. The molecule has 0 atom stereocenters. The first-order chi connectivity index (χ1) is 30.2. The van der Waals surface area contributed by atoms with Crippen LogP contribution in [0.25, 0.3) is 88.0 Å². The predicted molar refractivity (Wildman–Crippen MR) is 261 cm³/mol. The van der Waals surface area contributed by atoms with Crippen molar-refractivity contribution in [2.75, 3.05) is 4.90 Å².